The molecule has 1 aliphatic rings. The van der Waals surface area contributed by atoms with Crippen molar-refractivity contribution < 1.29 is 9.84 Å². The van der Waals surface area contributed by atoms with Crippen molar-refractivity contribution in [1.82, 2.24) is 5.32 Å². The lowest BCUT2D eigenvalue weighted by atomic mass is 9.86. The fraction of sp³-hybridized carbons (Fsp3) is 1.00. The third-order valence-electron chi connectivity index (χ3n) is 3.70. The molecule has 1 saturated carbocycles. The third kappa shape index (κ3) is 3.16. The topological polar surface area (TPSA) is 41.5 Å². The van der Waals surface area contributed by atoms with Crippen LogP contribution in [0.4, 0.5) is 0 Å². The van der Waals surface area contributed by atoms with Crippen LogP contribution in [0.1, 0.15) is 39.0 Å². The van der Waals surface area contributed by atoms with Crippen LogP contribution in [0, 0.1) is 5.92 Å². The van der Waals surface area contributed by atoms with Crippen LogP contribution in [0.2, 0.25) is 0 Å². The minimum atomic E-state index is -0.0322. The summed E-state index contributed by atoms with van der Waals surface area (Å²) in [6, 6.07) is 0. The van der Waals surface area contributed by atoms with E-state index < -0.39 is 0 Å². The molecule has 15 heavy (non-hydrogen) atoms. The first kappa shape index (κ1) is 12.9. The Morgan fingerprint density at radius 3 is 2.87 bits per heavy atom. The van der Waals surface area contributed by atoms with Gasteiger partial charge in [-0.25, -0.2) is 0 Å². The van der Waals surface area contributed by atoms with Gasteiger partial charge in [0, 0.05) is 18.8 Å². The van der Waals surface area contributed by atoms with Crippen LogP contribution in [-0.4, -0.2) is 37.5 Å². The second-order valence-corrected chi connectivity index (χ2v) is 4.55. The van der Waals surface area contributed by atoms with Crippen LogP contribution in [0.15, 0.2) is 0 Å². The van der Waals surface area contributed by atoms with Crippen molar-refractivity contribution in [1.29, 1.82) is 0 Å². The highest BCUT2D eigenvalue weighted by Crippen LogP contribution is 2.37. The Labute approximate surface area is 93.2 Å². The summed E-state index contributed by atoms with van der Waals surface area (Å²) >= 11 is 0. The number of hydrogen-bond donors (Lipinski definition) is 2. The predicted molar refractivity (Wildman–Crippen MR) is 61.9 cm³/mol. The van der Waals surface area contributed by atoms with Gasteiger partial charge in [0.25, 0.3) is 0 Å². The molecule has 1 fully saturated rings. The Morgan fingerprint density at radius 1 is 1.47 bits per heavy atom. The van der Waals surface area contributed by atoms with Gasteiger partial charge in [0.2, 0.25) is 0 Å². The number of rotatable bonds is 7. The molecule has 3 nitrogen and oxygen atoms in total. The van der Waals surface area contributed by atoms with Crippen LogP contribution in [-0.2, 0) is 4.74 Å². The number of aliphatic hydroxyl groups is 1. The summed E-state index contributed by atoms with van der Waals surface area (Å²) in [5.74, 6) is 0.573. The number of nitrogens with one attached hydrogen (secondary N) is 1. The summed E-state index contributed by atoms with van der Waals surface area (Å²) in [7, 11) is 1.96. The summed E-state index contributed by atoms with van der Waals surface area (Å²) < 4.78 is 5.52. The molecule has 0 amide bonds. The van der Waals surface area contributed by atoms with Gasteiger partial charge in [0.05, 0.1) is 6.61 Å². The molecular weight excluding hydrogens is 190 g/mol. The fourth-order valence-corrected chi connectivity index (χ4v) is 2.65. The molecule has 1 rings (SSSR count). The van der Waals surface area contributed by atoms with Crippen LogP contribution in [0.3, 0.4) is 0 Å². The number of ether oxygens (including phenoxy) is 1. The molecule has 0 aliphatic heterocycles. The van der Waals surface area contributed by atoms with Gasteiger partial charge in [-0.1, -0.05) is 13.3 Å². The van der Waals surface area contributed by atoms with Crippen molar-refractivity contribution in [3.8, 4) is 0 Å². The fourth-order valence-electron chi connectivity index (χ4n) is 2.65. The number of likely N-dealkylation sites (N-methyl/N-ethyl adjacent to an activating group) is 1. The van der Waals surface area contributed by atoms with E-state index in [4.69, 9.17) is 4.74 Å². The van der Waals surface area contributed by atoms with E-state index in [2.05, 4.69) is 12.2 Å². The molecule has 0 heterocycles. The molecule has 90 valence electrons. The normalized spacial score (nSPS) is 31.0. The maximum Gasteiger partial charge on any atom is 0.0615 e. The Balaban J connectivity index is 2.32. The summed E-state index contributed by atoms with van der Waals surface area (Å²) in [6.45, 7) is 4.07. The first-order chi connectivity index (χ1) is 7.29. The van der Waals surface area contributed by atoms with E-state index in [0.717, 1.165) is 32.5 Å². The van der Waals surface area contributed by atoms with Crippen LogP contribution >= 0.6 is 0 Å². The average Bonchev–Trinajstić information content (AvgIpc) is 2.68. The standard InChI is InChI=1S/C12H25NO2/c1-3-8-15-9-6-11-5-4-7-12(11,10-14)13-2/h11,13-14H,3-10H2,1-2H3. The van der Waals surface area contributed by atoms with E-state index in [1.54, 1.807) is 0 Å². The van der Waals surface area contributed by atoms with Crippen LogP contribution in [0.25, 0.3) is 0 Å². The molecule has 0 bridgehead atoms. The predicted octanol–water partition coefficient (Wildman–Crippen LogP) is 1.55. The highest BCUT2D eigenvalue weighted by molar-refractivity contribution is 4.97. The lowest BCUT2D eigenvalue weighted by Gasteiger charge is -2.33. The van der Waals surface area contributed by atoms with Gasteiger partial charge in [-0.2, -0.15) is 0 Å². The van der Waals surface area contributed by atoms with Crippen molar-refractivity contribution in [2.45, 2.75) is 44.6 Å². The van der Waals surface area contributed by atoms with Gasteiger partial charge in [0.1, 0.15) is 0 Å². The summed E-state index contributed by atoms with van der Waals surface area (Å²) in [5, 5.41) is 12.8. The summed E-state index contributed by atoms with van der Waals surface area (Å²) in [4.78, 5) is 0. The van der Waals surface area contributed by atoms with E-state index in [0.29, 0.717) is 5.92 Å². The lowest BCUT2D eigenvalue weighted by molar-refractivity contribution is 0.0828. The SMILES string of the molecule is CCCOCCC1CCCC1(CO)NC. The zero-order valence-corrected chi connectivity index (χ0v) is 10.1. The van der Waals surface area contributed by atoms with E-state index in [1.165, 1.54) is 12.8 Å². The molecule has 2 unspecified atom stereocenters. The largest absolute Gasteiger partial charge is 0.394 e. The second kappa shape index (κ2) is 6.46. The number of aliphatic hydroxyl groups excluding tert-OH is 1. The van der Waals surface area contributed by atoms with Gasteiger partial charge in [0.15, 0.2) is 0 Å². The van der Waals surface area contributed by atoms with Crippen molar-refractivity contribution in [3.63, 3.8) is 0 Å². The van der Waals surface area contributed by atoms with Gasteiger partial charge in [-0.05, 0) is 38.6 Å². The zero-order valence-electron chi connectivity index (χ0n) is 10.1. The highest BCUT2D eigenvalue weighted by atomic mass is 16.5. The molecule has 0 aromatic rings. The number of hydrogen-bond acceptors (Lipinski definition) is 3. The zero-order chi connectivity index (χ0) is 11.1. The Hall–Kier alpha value is -0.120. The molecule has 2 N–H and O–H groups in total. The quantitative estimate of drug-likeness (QED) is 0.633. The highest BCUT2D eigenvalue weighted by Gasteiger charge is 2.40. The molecule has 0 saturated heterocycles. The summed E-state index contributed by atoms with van der Waals surface area (Å²) in [5.41, 5.74) is -0.0322. The smallest absolute Gasteiger partial charge is 0.0615 e. The molecule has 0 aromatic carbocycles. The van der Waals surface area contributed by atoms with Crippen LogP contribution in [0.5, 0.6) is 0 Å². The Morgan fingerprint density at radius 2 is 2.27 bits per heavy atom. The van der Waals surface area contributed by atoms with Crippen LogP contribution < -0.4 is 5.32 Å². The first-order valence-corrected chi connectivity index (χ1v) is 6.16. The van der Waals surface area contributed by atoms with E-state index in [-0.39, 0.29) is 12.1 Å². The van der Waals surface area contributed by atoms with Crippen molar-refractivity contribution in [3.05, 3.63) is 0 Å². The maximum atomic E-state index is 9.49. The van der Waals surface area contributed by atoms with Crippen molar-refractivity contribution in [2.75, 3.05) is 26.9 Å². The molecule has 0 spiro atoms. The molecule has 1 aliphatic carbocycles. The van der Waals surface area contributed by atoms with Crippen molar-refractivity contribution >= 4 is 0 Å². The van der Waals surface area contributed by atoms with E-state index in [9.17, 15) is 5.11 Å². The lowest BCUT2D eigenvalue weighted by Crippen LogP contribution is -2.49. The molecule has 0 radical (unpaired) electrons. The minimum Gasteiger partial charge on any atom is -0.394 e. The molecule has 2 atom stereocenters. The van der Waals surface area contributed by atoms with E-state index in [1.807, 2.05) is 7.05 Å². The molecule has 3 heteroatoms. The Bertz CT molecular complexity index is 169. The molecule has 0 aromatic heterocycles. The van der Waals surface area contributed by atoms with Gasteiger partial charge < -0.3 is 15.2 Å². The maximum absolute atomic E-state index is 9.49. The van der Waals surface area contributed by atoms with E-state index >= 15 is 0 Å². The third-order valence-corrected chi connectivity index (χ3v) is 3.70. The van der Waals surface area contributed by atoms with Crippen molar-refractivity contribution in [2.24, 2.45) is 5.92 Å². The summed E-state index contributed by atoms with van der Waals surface area (Å²) in [6.07, 6.45) is 5.69. The monoisotopic (exact) mass is 215 g/mol. The molecular formula is C12H25NO2. The first-order valence-electron chi connectivity index (χ1n) is 6.16. The average molecular weight is 215 g/mol. The Kier molecular flexibility index (Phi) is 5.58. The van der Waals surface area contributed by atoms with Gasteiger partial charge >= 0.3 is 0 Å². The van der Waals surface area contributed by atoms with Gasteiger partial charge in [-0.3, -0.25) is 0 Å². The van der Waals surface area contributed by atoms with Gasteiger partial charge in [-0.15, -0.1) is 0 Å². The minimum absolute atomic E-state index is 0.0322. The second-order valence-electron chi connectivity index (χ2n) is 4.55.